The Morgan fingerprint density at radius 3 is 2.36 bits per heavy atom. The van der Waals surface area contributed by atoms with Crippen LogP contribution < -0.4 is 10.1 Å². The Bertz CT molecular complexity index is 726. The Morgan fingerprint density at radius 1 is 1.08 bits per heavy atom. The number of anilines is 1. The molecule has 0 fully saturated rings. The van der Waals surface area contributed by atoms with Crippen LogP contribution in [0.5, 0.6) is 5.75 Å². The quantitative estimate of drug-likeness (QED) is 0.732. The molecular weight excluding hydrogens is 314 g/mol. The first-order valence-electron chi connectivity index (χ1n) is 9.01. The van der Waals surface area contributed by atoms with Crippen molar-refractivity contribution in [1.29, 1.82) is 0 Å². The molecule has 1 amide bonds. The molecular formula is C21H29NO3. The van der Waals surface area contributed by atoms with Gasteiger partial charge >= 0.3 is 0 Å². The van der Waals surface area contributed by atoms with Crippen molar-refractivity contribution >= 4 is 22.4 Å². The largest absolute Gasteiger partial charge is 0.493 e. The third-order valence-electron chi connectivity index (χ3n) is 4.17. The summed E-state index contributed by atoms with van der Waals surface area (Å²) in [6.45, 7) is 11.0. The van der Waals surface area contributed by atoms with Crippen LogP contribution >= 0.6 is 0 Å². The van der Waals surface area contributed by atoms with E-state index >= 15 is 0 Å². The third kappa shape index (κ3) is 4.51. The van der Waals surface area contributed by atoms with Gasteiger partial charge in [0.15, 0.2) is 0 Å². The van der Waals surface area contributed by atoms with Gasteiger partial charge in [0.2, 0.25) is 0 Å². The number of fused-ring (bicyclic) bond motifs is 1. The van der Waals surface area contributed by atoms with Gasteiger partial charge in [0.25, 0.3) is 5.91 Å². The number of carbonyl (C=O) groups excluding carboxylic acids is 1. The highest BCUT2D eigenvalue weighted by Crippen LogP contribution is 2.33. The van der Waals surface area contributed by atoms with Gasteiger partial charge in [-0.1, -0.05) is 38.1 Å². The van der Waals surface area contributed by atoms with Crippen molar-refractivity contribution in [3.8, 4) is 5.75 Å². The zero-order valence-corrected chi connectivity index (χ0v) is 15.9. The summed E-state index contributed by atoms with van der Waals surface area (Å²) in [5, 5.41) is 5.02. The second kappa shape index (κ2) is 8.34. The molecule has 0 aromatic heterocycles. The highest BCUT2D eigenvalue weighted by Gasteiger charge is 2.35. The zero-order valence-electron chi connectivity index (χ0n) is 15.9. The lowest BCUT2D eigenvalue weighted by Gasteiger charge is -2.30. The summed E-state index contributed by atoms with van der Waals surface area (Å²) in [6.07, 6.45) is 0.668. The summed E-state index contributed by atoms with van der Waals surface area (Å²) in [6, 6.07) is 11.7. The van der Waals surface area contributed by atoms with Gasteiger partial charge in [-0.2, -0.15) is 0 Å². The summed E-state index contributed by atoms with van der Waals surface area (Å²) < 4.78 is 11.5. The van der Waals surface area contributed by atoms with Crippen LogP contribution in [0.2, 0.25) is 0 Å². The van der Waals surface area contributed by atoms with E-state index in [1.807, 2.05) is 57.2 Å². The Morgan fingerprint density at radius 2 is 1.76 bits per heavy atom. The van der Waals surface area contributed by atoms with Crippen LogP contribution in [-0.2, 0) is 9.53 Å². The van der Waals surface area contributed by atoms with Gasteiger partial charge in [-0.05, 0) is 45.2 Å². The second-order valence-corrected chi connectivity index (χ2v) is 6.81. The summed E-state index contributed by atoms with van der Waals surface area (Å²) in [5.41, 5.74) is -0.0680. The van der Waals surface area contributed by atoms with Crippen molar-refractivity contribution in [2.45, 2.75) is 46.6 Å². The van der Waals surface area contributed by atoms with Gasteiger partial charge < -0.3 is 14.8 Å². The maximum Gasteiger partial charge on any atom is 0.256 e. The molecule has 0 aliphatic heterocycles. The van der Waals surface area contributed by atoms with Crippen molar-refractivity contribution in [3.63, 3.8) is 0 Å². The summed E-state index contributed by atoms with van der Waals surface area (Å²) in [7, 11) is 0. The summed E-state index contributed by atoms with van der Waals surface area (Å²) in [5.74, 6) is 1.07. The average molecular weight is 343 g/mol. The number of hydrogen-bond donors (Lipinski definition) is 1. The van der Waals surface area contributed by atoms with Gasteiger partial charge in [-0.15, -0.1) is 0 Å². The Balaban J connectivity index is 2.36. The Labute approximate surface area is 150 Å². The van der Waals surface area contributed by atoms with Gasteiger partial charge in [0.05, 0.1) is 6.61 Å². The second-order valence-electron chi connectivity index (χ2n) is 6.81. The summed E-state index contributed by atoms with van der Waals surface area (Å²) >= 11 is 0. The molecule has 2 aromatic carbocycles. The third-order valence-corrected chi connectivity index (χ3v) is 4.17. The fraction of sp³-hybridized carbons (Fsp3) is 0.476. The van der Waals surface area contributed by atoms with Crippen molar-refractivity contribution in [3.05, 3.63) is 36.4 Å². The molecule has 4 heteroatoms. The van der Waals surface area contributed by atoms with E-state index in [0.717, 1.165) is 22.2 Å². The molecule has 1 N–H and O–H groups in total. The molecule has 4 nitrogen and oxygen atoms in total. The van der Waals surface area contributed by atoms with E-state index in [-0.39, 0.29) is 5.91 Å². The first-order valence-corrected chi connectivity index (χ1v) is 9.01. The molecule has 2 rings (SSSR count). The first-order chi connectivity index (χ1) is 11.9. The lowest BCUT2D eigenvalue weighted by molar-refractivity contribution is -0.140. The van der Waals surface area contributed by atoms with Crippen LogP contribution in [-0.4, -0.2) is 24.7 Å². The van der Waals surface area contributed by atoms with E-state index in [4.69, 9.17) is 9.47 Å². The Kier molecular flexibility index (Phi) is 6.43. The molecule has 0 radical (unpaired) electrons. The topological polar surface area (TPSA) is 47.6 Å². The predicted octanol–water partition coefficient (Wildman–Crippen LogP) is 5.02. The SMILES string of the molecule is CCOc1ccc(NC(=O)[C@](C)(CC(C)C)OCC)c2ccccc12. The van der Waals surface area contributed by atoms with E-state index in [9.17, 15) is 4.79 Å². The van der Waals surface area contributed by atoms with Gasteiger partial charge in [-0.3, -0.25) is 4.79 Å². The lowest BCUT2D eigenvalue weighted by Crippen LogP contribution is -2.44. The molecule has 0 aliphatic rings. The number of hydrogen-bond acceptors (Lipinski definition) is 3. The molecule has 0 unspecified atom stereocenters. The van der Waals surface area contributed by atoms with E-state index in [1.165, 1.54) is 0 Å². The molecule has 0 heterocycles. The fourth-order valence-electron chi connectivity index (χ4n) is 3.23. The standard InChI is InChI=1S/C21H29NO3/c1-6-24-19-13-12-18(16-10-8-9-11-17(16)19)22-20(23)21(5,25-7-2)14-15(3)4/h8-13,15H,6-7,14H2,1-5H3,(H,22,23)/t21-/m0/s1. The van der Waals surface area contributed by atoms with E-state index in [0.29, 0.717) is 25.6 Å². The molecule has 25 heavy (non-hydrogen) atoms. The maximum atomic E-state index is 12.9. The minimum atomic E-state index is -0.845. The number of nitrogens with one attached hydrogen (secondary N) is 1. The fourth-order valence-corrected chi connectivity index (χ4v) is 3.23. The number of carbonyl (C=O) groups is 1. The minimum absolute atomic E-state index is 0.114. The van der Waals surface area contributed by atoms with Gasteiger partial charge in [0, 0.05) is 23.1 Å². The molecule has 0 saturated heterocycles. The van der Waals surface area contributed by atoms with Crippen LogP contribution in [0.25, 0.3) is 10.8 Å². The molecule has 2 aromatic rings. The van der Waals surface area contributed by atoms with Crippen molar-refractivity contribution in [2.75, 3.05) is 18.5 Å². The van der Waals surface area contributed by atoms with Crippen molar-refractivity contribution in [1.82, 2.24) is 0 Å². The number of amides is 1. The highest BCUT2D eigenvalue weighted by molar-refractivity contribution is 6.06. The molecule has 1 atom stereocenters. The number of rotatable bonds is 8. The van der Waals surface area contributed by atoms with Crippen LogP contribution in [0.3, 0.4) is 0 Å². The van der Waals surface area contributed by atoms with Crippen molar-refractivity contribution in [2.24, 2.45) is 5.92 Å². The summed E-state index contributed by atoms with van der Waals surface area (Å²) in [4.78, 5) is 12.9. The molecule has 0 saturated carbocycles. The lowest BCUT2D eigenvalue weighted by atomic mass is 9.92. The monoisotopic (exact) mass is 343 g/mol. The van der Waals surface area contributed by atoms with E-state index < -0.39 is 5.60 Å². The minimum Gasteiger partial charge on any atom is -0.493 e. The smallest absolute Gasteiger partial charge is 0.256 e. The van der Waals surface area contributed by atoms with Gasteiger partial charge in [0.1, 0.15) is 11.4 Å². The highest BCUT2D eigenvalue weighted by atomic mass is 16.5. The van der Waals surface area contributed by atoms with Crippen molar-refractivity contribution < 1.29 is 14.3 Å². The molecule has 0 spiro atoms. The Hall–Kier alpha value is -2.07. The number of ether oxygens (including phenoxy) is 2. The van der Waals surface area contributed by atoms with Crippen LogP contribution in [0, 0.1) is 5.92 Å². The molecule has 0 bridgehead atoms. The average Bonchev–Trinajstić information content (AvgIpc) is 2.56. The van der Waals surface area contributed by atoms with Crippen LogP contribution in [0.15, 0.2) is 36.4 Å². The van der Waals surface area contributed by atoms with E-state index in [2.05, 4.69) is 19.2 Å². The van der Waals surface area contributed by atoms with Gasteiger partial charge in [-0.25, -0.2) is 0 Å². The van der Waals surface area contributed by atoms with Crippen LogP contribution in [0.1, 0.15) is 41.0 Å². The molecule has 0 aliphatic carbocycles. The normalized spacial score (nSPS) is 13.7. The zero-order chi connectivity index (χ0) is 18.4. The molecule has 136 valence electrons. The maximum absolute atomic E-state index is 12.9. The van der Waals surface area contributed by atoms with E-state index in [1.54, 1.807) is 0 Å². The first kappa shape index (κ1) is 19.3. The van der Waals surface area contributed by atoms with Crippen LogP contribution in [0.4, 0.5) is 5.69 Å². The number of benzene rings is 2. The predicted molar refractivity (Wildman–Crippen MR) is 103 cm³/mol.